The molecule has 0 unspecified atom stereocenters. The number of methoxy groups -OCH3 is 1. The fourth-order valence-corrected chi connectivity index (χ4v) is 4.78. The average Bonchev–Trinajstić information content (AvgIpc) is 3.37. The van der Waals surface area contributed by atoms with Crippen LogP contribution >= 0.6 is 11.5 Å². The number of rotatable bonds is 7. The van der Waals surface area contributed by atoms with Crippen molar-refractivity contribution in [2.45, 2.75) is 13.3 Å². The standard InChI is InChI=1S/C28H27FN4O3S/c1-19-3-6-21(27(34)33-15-13-32(14-16-33)23-9-11-24(35-2)12-10-23)18-25(19)36-28-30-26(31-37-28)17-20-4-7-22(29)8-5-20/h3-12,18H,13-17H2,1-2H3. The predicted octanol–water partition coefficient (Wildman–Crippen LogP) is 5.34. The molecule has 0 radical (unpaired) electrons. The van der Waals surface area contributed by atoms with E-state index < -0.39 is 0 Å². The van der Waals surface area contributed by atoms with E-state index in [1.807, 2.05) is 48.2 Å². The smallest absolute Gasteiger partial charge is 0.298 e. The molecule has 1 saturated heterocycles. The number of aryl methyl sites for hydroxylation is 1. The molecule has 9 heteroatoms. The molecule has 1 aliphatic heterocycles. The number of aromatic nitrogens is 2. The van der Waals surface area contributed by atoms with Crippen molar-refractivity contribution >= 4 is 23.1 Å². The van der Waals surface area contributed by atoms with Crippen LogP contribution in [0.5, 0.6) is 16.7 Å². The van der Waals surface area contributed by atoms with Gasteiger partial charge in [-0.25, -0.2) is 4.39 Å². The molecule has 1 fully saturated rings. The third kappa shape index (κ3) is 5.89. The van der Waals surface area contributed by atoms with Crippen LogP contribution in [0.2, 0.25) is 0 Å². The molecule has 2 heterocycles. The summed E-state index contributed by atoms with van der Waals surface area (Å²) in [5.41, 5.74) is 3.52. The number of anilines is 1. The fourth-order valence-electron chi connectivity index (χ4n) is 4.22. The highest BCUT2D eigenvalue weighted by molar-refractivity contribution is 7.07. The zero-order valence-corrected chi connectivity index (χ0v) is 21.5. The molecule has 0 aliphatic carbocycles. The number of hydrogen-bond acceptors (Lipinski definition) is 7. The number of amides is 1. The van der Waals surface area contributed by atoms with E-state index in [1.54, 1.807) is 25.3 Å². The minimum Gasteiger partial charge on any atom is -0.497 e. The van der Waals surface area contributed by atoms with Gasteiger partial charge in [0.15, 0.2) is 5.82 Å². The summed E-state index contributed by atoms with van der Waals surface area (Å²) in [6.07, 6.45) is 0.486. The number of hydrogen-bond donors (Lipinski definition) is 0. The molecule has 3 aromatic carbocycles. The Bertz CT molecular complexity index is 1370. The molecule has 0 N–H and O–H groups in total. The van der Waals surface area contributed by atoms with Gasteiger partial charge >= 0.3 is 0 Å². The highest BCUT2D eigenvalue weighted by Crippen LogP contribution is 2.29. The molecule has 4 aromatic rings. The molecular formula is C28H27FN4O3S. The van der Waals surface area contributed by atoms with Crippen LogP contribution in [0.3, 0.4) is 0 Å². The van der Waals surface area contributed by atoms with Crippen molar-refractivity contribution in [2.24, 2.45) is 0 Å². The number of carbonyl (C=O) groups is 1. The van der Waals surface area contributed by atoms with Gasteiger partial charge in [-0.15, -0.1) is 0 Å². The number of halogens is 1. The van der Waals surface area contributed by atoms with Crippen LogP contribution in [0.15, 0.2) is 66.7 Å². The molecule has 190 valence electrons. The lowest BCUT2D eigenvalue weighted by Crippen LogP contribution is -2.48. The van der Waals surface area contributed by atoms with E-state index in [-0.39, 0.29) is 11.7 Å². The van der Waals surface area contributed by atoms with Gasteiger partial charge in [-0.2, -0.15) is 9.36 Å². The molecule has 1 aromatic heterocycles. The minimum absolute atomic E-state index is 0.0199. The fraction of sp³-hybridized carbons (Fsp3) is 0.250. The second kappa shape index (κ2) is 11.0. The van der Waals surface area contributed by atoms with Crippen LogP contribution in [0.1, 0.15) is 27.3 Å². The van der Waals surface area contributed by atoms with Crippen molar-refractivity contribution in [1.82, 2.24) is 14.3 Å². The maximum absolute atomic E-state index is 13.3. The summed E-state index contributed by atoms with van der Waals surface area (Å²) in [5.74, 6) is 1.71. The molecule has 0 spiro atoms. The van der Waals surface area contributed by atoms with Gasteiger partial charge in [0.1, 0.15) is 17.3 Å². The van der Waals surface area contributed by atoms with E-state index in [1.165, 1.54) is 12.1 Å². The minimum atomic E-state index is -0.275. The summed E-state index contributed by atoms with van der Waals surface area (Å²) in [6.45, 7) is 4.72. The van der Waals surface area contributed by atoms with Crippen molar-refractivity contribution in [1.29, 1.82) is 0 Å². The Morgan fingerprint density at radius 1 is 1.00 bits per heavy atom. The zero-order valence-electron chi connectivity index (χ0n) is 20.7. The molecule has 5 rings (SSSR count). The number of ether oxygens (including phenoxy) is 2. The van der Waals surface area contributed by atoms with E-state index in [2.05, 4.69) is 14.3 Å². The third-order valence-corrected chi connectivity index (χ3v) is 6.99. The maximum atomic E-state index is 13.3. The SMILES string of the molecule is COc1ccc(N2CCN(C(=O)c3ccc(C)c(Oc4nc(Cc5ccc(F)cc5)ns4)c3)CC2)cc1. The second-order valence-electron chi connectivity index (χ2n) is 8.84. The Morgan fingerprint density at radius 2 is 1.73 bits per heavy atom. The molecule has 7 nitrogen and oxygen atoms in total. The van der Waals surface area contributed by atoms with Crippen LogP contribution in [-0.2, 0) is 6.42 Å². The van der Waals surface area contributed by atoms with Gasteiger partial charge in [0.25, 0.3) is 11.1 Å². The van der Waals surface area contributed by atoms with Crippen LogP contribution in [0.4, 0.5) is 10.1 Å². The van der Waals surface area contributed by atoms with E-state index in [0.717, 1.165) is 47.2 Å². The highest BCUT2D eigenvalue weighted by atomic mass is 32.1. The molecular weight excluding hydrogens is 491 g/mol. The summed E-state index contributed by atoms with van der Waals surface area (Å²) in [5, 5.41) is 0.401. The number of carbonyl (C=O) groups excluding carboxylic acids is 1. The maximum Gasteiger partial charge on any atom is 0.298 e. The third-order valence-electron chi connectivity index (χ3n) is 6.36. The predicted molar refractivity (Wildman–Crippen MR) is 141 cm³/mol. The summed E-state index contributed by atoms with van der Waals surface area (Å²) in [7, 11) is 1.65. The average molecular weight is 519 g/mol. The lowest BCUT2D eigenvalue weighted by atomic mass is 10.1. The number of benzene rings is 3. The normalized spacial score (nSPS) is 13.5. The van der Waals surface area contributed by atoms with Crippen molar-refractivity contribution in [3.05, 3.63) is 95.1 Å². The first-order valence-corrected chi connectivity index (χ1v) is 12.8. The molecule has 0 atom stereocenters. The Labute approximate surface area is 219 Å². The van der Waals surface area contributed by atoms with Gasteiger partial charge in [0.2, 0.25) is 0 Å². The molecule has 1 amide bonds. The molecule has 0 saturated carbocycles. The van der Waals surface area contributed by atoms with Crippen molar-refractivity contribution in [3.8, 4) is 16.7 Å². The first-order valence-electron chi connectivity index (χ1n) is 12.0. The number of nitrogens with zero attached hydrogens (tertiary/aromatic N) is 4. The quantitative estimate of drug-likeness (QED) is 0.329. The molecule has 0 bridgehead atoms. The van der Waals surface area contributed by atoms with E-state index in [4.69, 9.17) is 9.47 Å². The Hall–Kier alpha value is -3.98. The van der Waals surface area contributed by atoms with Crippen molar-refractivity contribution < 1.29 is 18.7 Å². The number of piperazine rings is 1. The first-order chi connectivity index (χ1) is 18.0. The van der Waals surface area contributed by atoms with Crippen molar-refractivity contribution in [3.63, 3.8) is 0 Å². The molecule has 37 heavy (non-hydrogen) atoms. The highest BCUT2D eigenvalue weighted by Gasteiger charge is 2.23. The Morgan fingerprint density at radius 3 is 2.43 bits per heavy atom. The lowest BCUT2D eigenvalue weighted by Gasteiger charge is -2.36. The van der Waals surface area contributed by atoms with Gasteiger partial charge in [-0.3, -0.25) is 4.79 Å². The van der Waals surface area contributed by atoms with Gasteiger partial charge in [0, 0.05) is 55.4 Å². The van der Waals surface area contributed by atoms with Crippen LogP contribution in [-0.4, -0.2) is 53.5 Å². The van der Waals surface area contributed by atoms with E-state index in [0.29, 0.717) is 41.8 Å². The van der Waals surface area contributed by atoms with Crippen LogP contribution < -0.4 is 14.4 Å². The summed E-state index contributed by atoms with van der Waals surface area (Å²) in [4.78, 5) is 21.9. The topological polar surface area (TPSA) is 67.8 Å². The van der Waals surface area contributed by atoms with Gasteiger partial charge in [-0.05, 0) is 66.6 Å². The Kier molecular flexibility index (Phi) is 7.32. The first kappa shape index (κ1) is 24.7. The van der Waals surface area contributed by atoms with Crippen LogP contribution in [0.25, 0.3) is 0 Å². The summed E-state index contributed by atoms with van der Waals surface area (Å²) in [6, 6.07) is 19.7. The largest absolute Gasteiger partial charge is 0.497 e. The van der Waals surface area contributed by atoms with Gasteiger partial charge in [-0.1, -0.05) is 18.2 Å². The van der Waals surface area contributed by atoms with Gasteiger partial charge in [0.05, 0.1) is 7.11 Å². The summed E-state index contributed by atoms with van der Waals surface area (Å²) < 4.78 is 28.8. The second-order valence-corrected chi connectivity index (χ2v) is 9.55. The van der Waals surface area contributed by atoms with E-state index in [9.17, 15) is 9.18 Å². The van der Waals surface area contributed by atoms with Gasteiger partial charge < -0.3 is 19.3 Å². The lowest BCUT2D eigenvalue weighted by molar-refractivity contribution is 0.0746. The van der Waals surface area contributed by atoms with Crippen molar-refractivity contribution in [2.75, 3.05) is 38.2 Å². The Balaban J connectivity index is 1.21. The van der Waals surface area contributed by atoms with Crippen LogP contribution in [0, 0.1) is 12.7 Å². The summed E-state index contributed by atoms with van der Waals surface area (Å²) >= 11 is 1.15. The van der Waals surface area contributed by atoms with E-state index >= 15 is 0 Å². The monoisotopic (exact) mass is 518 g/mol. The molecule has 1 aliphatic rings. The zero-order chi connectivity index (χ0) is 25.8.